The quantitative estimate of drug-likeness (QED) is 0.475. The van der Waals surface area contributed by atoms with Crippen molar-refractivity contribution in [1.82, 2.24) is 10.2 Å². The molecule has 26 heavy (non-hydrogen) atoms. The van der Waals surface area contributed by atoms with E-state index in [-0.39, 0.29) is 11.2 Å². The Labute approximate surface area is 165 Å². The lowest BCUT2D eigenvalue weighted by molar-refractivity contribution is -0.0191. The third kappa shape index (κ3) is 3.05. The van der Waals surface area contributed by atoms with Gasteiger partial charge in [0.15, 0.2) is 5.78 Å². The molecule has 1 aromatic heterocycles. The summed E-state index contributed by atoms with van der Waals surface area (Å²) in [4.78, 5) is 12.3. The summed E-state index contributed by atoms with van der Waals surface area (Å²) in [5.41, 5.74) is 0.831. The van der Waals surface area contributed by atoms with Crippen LogP contribution in [0.5, 0.6) is 0 Å². The highest BCUT2D eigenvalue weighted by Gasteiger charge is 2.54. The van der Waals surface area contributed by atoms with Gasteiger partial charge in [0.25, 0.3) is 5.22 Å². The van der Waals surface area contributed by atoms with E-state index in [2.05, 4.69) is 26.1 Å². The van der Waals surface area contributed by atoms with E-state index < -0.39 is 0 Å². The number of hydrogen-bond acceptors (Lipinski definition) is 5. The third-order valence-electron chi connectivity index (χ3n) is 6.39. The van der Waals surface area contributed by atoms with E-state index in [1.807, 2.05) is 24.3 Å². The number of aromatic nitrogens is 2. The molecule has 6 heteroatoms. The van der Waals surface area contributed by atoms with Crippen LogP contribution in [0, 0.1) is 17.8 Å². The molecular weight excluding hydrogens is 412 g/mol. The Morgan fingerprint density at radius 3 is 2.31 bits per heavy atom. The van der Waals surface area contributed by atoms with Gasteiger partial charge in [-0.3, -0.25) is 4.79 Å². The summed E-state index contributed by atoms with van der Waals surface area (Å²) in [6.45, 7) is 0. The molecule has 4 nitrogen and oxygen atoms in total. The zero-order chi connectivity index (χ0) is 17.7. The number of carbonyl (C=O) groups is 1. The van der Waals surface area contributed by atoms with Gasteiger partial charge in [-0.2, -0.15) is 0 Å². The number of carbonyl (C=O) groups excluding carboxylic acids is 1. The Kier molecular flexibility index (Phi) is 4.24. The largest absolute Gasteiger partial charge is 0.415 e. The van der Waals surface area contributed by atoms with Crippen molar-refractivity contribution in [3.8, 4) is 0 Å². The molecule has 4 fully saturated rings. The van der Waals surface area contributed by atoms with Crippen LogP contribution >= 0.6 is 27.7 Å². The number of ketones is 1. The highest BCUT2D eigenvalue weighted by Crippen LogP contribution is 2.60. The maximum absolute atomic E-state index is 12.3. The fourth-order valence-electron chi connectivity index (χ4n) is 5.70. The third-order valence-corrected chi connectivity index (χ3v) is 7.74. The first-order chi connectivity index (χ1) is 12.6. The van der Waals surface area contributed by atoms with Gasteiger partial charge in [0, 0.05) is 15.5 Å². The number of thioether (sulfide) groups is 1. The molecule has 0 unspecified atom stereocenters. The Morgan fingerprint density at radius 1 is 1.08 bits per heavy atom. The average Bonchev–Trinajstić information content (AvgIpc) is 3.09. The van der Waals surface area contributed by atoms with Crippen molar-refractivity contribution < 1.29 is 9.21 Å². The van der Waals surface area contributed by atoms with Gasteiger partial charge in [0.05, 0.1) is 5.75 Å². The Balaban J connectivity index is 1.27. The first kappa shape index (κ1) is 17.0. The van der Waals surface area contributed by atoms with Gasteiger partial charge in [-0.1, -0.05) is 39.8 Å². The van der Waals surface area contributed by atoms with Crippen molar-refractivity contribution in [1.29, 1.82) is 0 Å². The van der Waals surface area contributed by atoms with Crippen molar-refractivity contribution in [3.05, 3.63) is 40.2 Å². The van der Waals surface area contributed by atoms with Gasteiger partial charge < -0.3 is 4.42 Å². The van der Waals surface area contributed by atoms with Crippen molar-refractivity contribution in [3.63, 3.8) is 0 Å². The molecule has 0 radical (unpaired) electrons. The number of nitrogens with zero attached hydrogens (tertiary/aromatic N) is 2. The highest BCUT2D eigenvalue weighted by atomic mass is 79.9. The van der Waals surface area contributed by atoms with E-state index in [1.54, 1.807) is 0 Å². The minimum absolute atomic E-state index is 0.0806. The Hall–Kier alpha value is -1.14. The van der Waals surface area contributed by atoms with Gasteiger partial charge in [-0.05, 0) is 68.4 Å². The second kappa shape index (κ2) is 6.48. The molecule has 6 rings (SSSR count). The zero-order valence-corrected chi connectivity index (χ0v) is 16.9. The predicted octanol–water partition coefficient (Wildman–Crippen LogP) is 5.27. The van der Waals surface area contributed by atoms with Crippen LogP contribution in [0.4, 0.5) is 0 Å². The number of Topliss-reactive ketones (excluding diaryl/α,β-unsaturated/α-hetero) is 1. The van der Waals surface area contributed by atoms with Gasteiger partial charge in [-0.25, -0.2) is 0 Å². The summed E-state index contributed by atoms with van der Waals surface area (Å²) in [7, 11) is 0. The summed E-state index contributed by atoms with van der Waals surface area (Å²) in [6, 6.07) is 7.44. The molecule has 0 amide bonds. The van der Waals surface area contributed by atoms with E-state index in [0.29, 0.717) is 16.5 Å². The highest BCUT2D eigenvalue weighted by molar-refractivity contribution is 9.10. The fourth-order valence-corrected chi connectivity index (χ4v) is 6.62. The number of hydrogen-bond donors (Lipinski definition) is 0. The van der Waals surface area contributed by atoms with Crippen molar-refractivity contribution >= 4 is 33.5 Å². The molecule has 2 aromatic rings. The standard InChI is InChI=1S/C20H21BrN2O2S/c21-16-3-1-15(2-4-16)17(24)11-26-19-23-22-18(25-19)20-8-12-5-13(9-20)7-14(6-12)10-20/h1-4,12-14H,5-11H2. The number of rotatable bonds is 5. The lowest BCUT2D eigenvalue weighted by atomic mass is 9.49. The van der Waals surface area contributed by atoms with Crippen LogP contribution in [0.1, 0.15) is 54.8 Å². The molecule has 0 N–H and O–H groups in total. The monoisotopic (exact) mass is 432 g/mol. The smallest absolute Gasteiger partial charge is 0.277 e. The molecular formula is C20H21BrN2O2S. The van der Waals surface area contributed by atoms with Crippen LogP contribution in [0.15, 0.2) is 38.4 Å². The maximum atomic E-state index is 12.3. The lowest BCUT2D eigenvalue weighted by Crippen LogP contribution is -2.48. The second-order valence-corrected chi connectivity index (χ2v) is 10.1. The molecule has 0 aliphatic heterocycles. The van der Waals surface area contributed by atoms with Crippen LogP contribution in [-0.2, 0) is 5.41 Å². The summed E-state index contributed by atoms with van der Waals surface area (Å²) in [6.07, 6.45) is 7.83. The van der Waals surface area contributed by atoms with Crippen LogP contribution in [-0.4, -0.2) is 21.7 Å². The molecule has 4 bridgehead atoms. The van der Waals surface area contributed by atoms with Gasteiger partial charge in [0.2, 0.25) is 5.89 Å². The summed E-state index contributed by atoms with van der Waals surface area (Å²) in [5, 5.41) is 9.18. The minimum atomic E-state index is 0.0806. The van der Waals surface area contributed by atoms with Gasteiger partial charge in [-0.15, -0.1) is 10.2 Å². The summed E-state index contributed by atoms with van der Waals surface area (Å²) < 4.78 is 7.03. The van der Waals surface area contributed by atoms with Crippen LogP contribution in [0.3, 0.4) is 0 Å². The molecule has 1 aromatic carbocycles. The van der Waals surface area contributed by atoms with E-state index in [4.69, 9.17) is 4.42 Å². The molecule has 4 aliphatic rings. The molecule has 136 valence electrons. The molecule has 0 spiro atoms. The molecule has 0 atom stereocenters. The fraction of sp³-hybridized carbons (Fsp3) is 0.550. The second-order valence-electron chi connectivity index (χ2n) is 8.29. The van der Waals surface area contributed by atoms with E-state index >= 15 is 0 Å². The lowest BCUT2D eigenvalue weighted by Gasteiger charge is -2.55. The first-order valence-electron chi connectivity index (χ1n) is 9.35. The SMILES string of the molecule is O=C(CSc1nnc(C23CC4CC(CC(C4)C2)C3)o1)c1ccc(Br)cc1. The van der Waals surface area contributed by atoms with Crippen LogP contribution < -0.4 is 0 Å². The van der Waals surface area contributed by atoms with Gasteiger partial charge >= 0.3 is 0 Å². The maximum Gasteiger partial charge on any atom is 0.277 e. The van der Waals surface area contributed by atoms with E-state index in [0.717, 1.165) is 28.1 Å². The van der Waals surface area contributed by atoms with Crippen LogP contribution in [0.25, 0.3) is 0 Å². The molecule has 0 saturated heterocycles. The zero-order valence-electron chi connectivity index (χ0n) is 14.5. The van der Waals surface area contributed by atoms with E-state index in [1.165, 1.54) is 50.3 Å². The molecule has 1 heterocycles. The molecule has 4 saturated carbocycles. The van der Waals surface area contributed by atoms with E-state index in [9.17, 15) is 4.79 Å². The average molecular weight is 433 g/mol. The number of halogens is 1. The topological polar surface area (TPSA) is 56.0 Å². The predicted molar refractivity (Wildman–Crippen MR) is 103 cm³/mol. The normalized spacial score (nSPS) is 32.1. The van der Waals surface area contributed by atoms with Crippen molar-refractivity contribution in [2.45, 2.75) is 49.2 Å². The van der Waals surface area contributed by atoms with Crippen LogP contribution in [0.2, 0.25) is 0 Å². The van der Waals surface area contributed by atoms with Gasteiger partial charge in [0.1, 0.15) is 0 Å². The molecule has 4 aliphatic carbocycles. The first-order valence-corrected chi connectivity index (χ1v) is 11.1. The minimum Gasteiger partial charge on any atom is -0.415 e. The van der Waals surface area contributed by atoms with Crippen molar-refractivity contribution in [2.75, 3.05) is 5.75 Å². The number of benzene rings is 1. The summed E-state index contributed by atoms with van der Waals surface area (Å²) in [5.74, 6) is 3.78. The Morgan fingerprint density at radius 2 is 1.69 bits per heavy atom. The van der Waals surface area contributed by atoms with Crippen molar-refractivity contribution in [2.24, 2.45) is 17.8 Å². The Bertz CT molecular complexity index is 797. The summed E-state index contributed by atoms with van der Waals surface area (Å²) >= 11 is 4.74.